The van der Waals surface area contributed by atoms with Gasteiger partial charge in [0.15, 0.2) is 11.4 Å². The van der Waals surface area contributed by atoms with Crippen molar-refractivity contribution in [2.75, 3.05) is 0 Å². The molecule has 0 aromatic heterocycles. The fraction of sp³-hybridized carbons (Fsp3) is 0.650. The van der Waals surface area contributed by atoms with Crippen LogP contribution in [0.3, 0.4) is 0 Å². The van der Waals surface area contributed by atoms with Crippen LogP contribution in [0.2, 0.25) is 0 Å². The first-order valence-corrected chi connectivity index (χ1v) is 8.66. The summed E-state index contributed by atoms with van der Waals surface area (Å²) in [6.07, 6.45) is 7.87. The number of fused-ring (bicyclic) bond motifs is 3. The molecule has 4 atom stereocenters. The molecule has 1 fully saturated rings. The number of hydrogen-bond acceptors (Lipinski definition) is 3. The summed E-state index contributed by atoms with van der Waals surface area (Å²) in [5.41, 5.74) is 1.47. The lowest BCUT2D eigenvalue weighted by molar-refractivity contribution is -0.127. The van der Waals surface area contributed by atoms with E-state index in [1.807, 2.05) is 6.92 Å². The van der Waals surface area contributed by atoms with Crippen molar-refractivity contribution in [3.8, 4) is 0 Å². The Morgan fingerprint density at radius 2 is 1.96 bits per heavy atom. The summed E-state index contributed by atoms with van der Waals surface area (Å²) in [6.45, 7) is 8.51. The predicted octanol–water partition coefficient (Wildman–Crippen LogP) is 3.33. The first kappa shape index (κ1) is 16.7. The van der Waals surface area contributed by atoms with Gasteiger partial charge in [0.2, 0.25) is 0 Å². The van der Waals surface area contributed by atoms with E-state index in [1.54, 1.807) is 0 Å². The Kier molecular flexibility index (Phi) is 3.93. The van der Waals surface area contributed by atoms with E-state index >= 15 is 0 Å². The maximum Gasteiger partial charge on any atom is 0.191 e. The smallest absolute Gasteiger partial charge is 0.191 e. The summed E-state index contributed by atoms with van der Waals surface area (Å²) in [6, 6.07) is 0. The molecule has 0 spiro atoms. The molecule has 3 nitrogen and oxygen atoms in total. The molecule has 3 aliphatic rings. The highest BCUT2D eigenvalue weighted by atomic mass is 16.3. The number of carbonyl (C=O) groups is 1. The van der Waals surface area contributed by atoms with Gasteiger partial charge in [0.1, 0.15) is 0 Å². The standard InChI is InChI=1S/C20H28O3/c1-12-5-7-15-16(19(15,3)4)9-13(2)20(23)11-14(10-18(20)22)17(21)8-6-12/h6,9-10,15-17,21,23H,5,7-8,11H2,1-4H3/b12-6+,13-9+. The monoisotopic (exact) mass is 316 g/mol. The second-order valence-corrected chi connectivity index (χ2v) is 8.26. The van der Waals surface area contributed by atoms with Crippen LogP contribution in [0.1, 0.15) is 53.4 Å². The molecule has 23 heavy (non-hydrogen) atoms. The van der Waals surface area contributed by atoms with E-state index in [-0.39, 0.29) is 17.6 Å². The third kappa shape index (κ3) is 2.74. The molecular formula is C20H28O3. The largest absolute Gasteiger partial charge is 0.388 e. The number of aliphatic hydroxyl groups excluding tert-OH is 1. The fourth-order valence-corrected chi connectivity index (χ4v) is 4.29. The van der Waals surface area contributed by atoms with Gasteiger partial charge < -0.3 is 10.2 Å². The molecule has 0 saturated heterocycles. The van der Waals surface area contributed by atoms with E-state index in [0.717, 1.165) is 18.4 Å². The van der Waals surface area contributed by atoms with Gasteiger partial charge >= 0.3 is 0 Å². The lowest BCUT2D eigenvalue weighted by Gasteiger charge is -2.24. The van der Waals surface area contributed by atoms with Crippen LogP contribution in [0, 0.1) is 17.3 Å². The molecule has 4 unspecified atom stereocenters. The molecule has 0 heterocycles. The first-order chi connectivity index (χ1) is 10.7. The molecule has 0 aromatic rings. The van der Waals surface area contributed by atoms with Gasteiger partial charge in [0.05, 0.1) is 6.10 Å². The molecule has 2 N–H and O–H groups in total. The van der Waals surface area contributed by atoms with E-state index in [9.17, 15) is 15.0 Å². The highest BCUT2D eigenvalue weighted by Crippen LogP contribution is 2.62. The average molecular weight is 316 g/mol. The highest BCUT2D eigenvalue weighted by molar-refractivity contribution is 6.03. The van der Waals surface area contributed by atoms with Crippen molar-refractivity contribution in [2.45, 2.75) is 65.1 Å². The van der Waals surface area contributed by atoms with Crippen molar-refractivity contribution in [3.05, 3.63) is 34.9 Å². The molecule has 3 aliphatic carbocycles. The number of allylic oxidation sites excluding steroid dienone is 2. The van der Waals surface area contributed by atoms with Crippen molar-refractivity contribution < 1.29 is 15.0 Å². The van der Waals surface area contributed by atoms with E-state index in [0.29, 0.717) is 23.8 Å². The van der Waals surface area contributed by atoms with Crippen LogP contribution in [0.4, 0.5) is 0 Å². The third-order valence-electron chi connectivity index (χ3n) is 6.37. The molecular weight excluding hydrogens is 288 g/mol. The van der Waals surface area contributed by atoms with Gasteiger partial charge in [0.25, 0.3) is 0 Å². The molecule has 3 rings (SSSR count). The second-order valence-electron chi connectivity index (χ2n) is 8.26. The number of aliphatic hydroxyl groups is 2. The molecule has 3 heteroatoms. The van der Waals surface area contributed by atoms with Crippen LogP contribution in [-0.2, 0) is 4.79 Å². The molecule has 0 aromatic carbocycles. The molecule has 0 radical (unpaired) electrons. The quantitative estimate of drug-likeness (QED) is 0.674. The van der Waals surface area contributed by atoms with Crippen LogP contribution >= 0.6 is 0 Å². The maximum atomic E-state index is 12.4. The van der Waals surface area contributed by atoms with E-state index in [1.165, 1.54) is 11.6 Å². The minimum atomic E-state index is -1.45. The Hall–Kier alpha value is -1.19. The van der Waals surface area contributed by atoms with Crippen LogP contribution in [0.25, 0.3) is 0 Å². The summed E-state index contributed by atoms with van der Waals surface area (Å²) in [4.78, 5) is 12.4. The zero-order chi connectivity index (χ0) is 17.0. The van der Waals surface area contributed by atoms with Crippen molar-refractivity contribution >= 4 is 5.78 Å². The Morgan fingerprint density at radius 3 is 2.65 bits per heavy atom. The second kappa shape index (κ2) is 5.42. The number of hydrogen-bond donors (Lipinski definition) is 2. The van der Waals surface area contributed by atoms with Crippen molar-refractivity contribution in [2.24, 2.45) is 17.3 Å². The first-order valence-electron chi connectivity index (χ1n) is 8.66. The average Bonchev–Trinajstić information content (AvgIpc) is 2.82. The van der Waals surface area contributed by atoms with Crippen LogP contribution < -0.4 is 0 Å². The van der Waals surface area contributed by atoms with Crippen LogP contribution in [-0.4, -0.2) is 27.7 Å². The van der Waals surface area contributed by atoms with E-state index in [2.05, 4.69) is 32.9 Å². The van der Waals surface area contributed by atoms with Gasteiger partial charge in [0, 0.05) is 6.42 Å². The molecule has 1 saturated carbocycles. The lowest BCUT2D eigenvalue weighted by Crippen LogP contribution is -2.36. The van der Waals surface area contributed by atoms with Gasteiger partial charge in [-0.15, -0.1) is 0 Å². The zero-order valence-electron chi connectivity index (χ0n) is 14.6. The Bertz CT molecular complexity index is 623. The van der Waals surface area contributed by atoms with E-state index in [4.69, 9.17) is 0 Å². The van der Waals surface area contributed by atoms with Gasteiger partial charge in [-0.2, -0.15) is 0 Å². The van der Waals surface area contributed by atoms with Crippen molar-refractivity contribution in [1.29, 1.82) is 0 Å². The molecule has 0 aliphatic heterocycles. The topological polar surface area (TPSA) is 57.5 Å². The van der Waals surface area contributed by atoms with Crippen LogP contribution in [0.5, 0.6) is 0 Å². The molecule has 0 amide bonds. The molecule has 126 valence electrons. The van der Waals surface area contributed by atoms with Gasteiger partial charge in [-0.1, -0.05) is 31.6 Å². The minimum Gasteiger partial charge on any atom is -0.388 e. The summed E-state index contributed by atoms with van der Waals surface area (Å²) in [7, 11) is 0. The summed E-state index contributed by atoms with van der Waals surface area (Å²) < 4.78 is 0. The normalized spacial score (nSPS) is 44.5. The number of rotatable bonds is 0. The highest BCUT2D eigenvalue weighted by Gasteiger charge is 2.56. The van der Waals surface area contributed by atoms with E-state index < -0.39 is 11.7 Å². The summed E-state index contributed by atoms with van der Waals surface area (Å²) >= 11 is 0. The lowest BCUT2D eigenvalue weighted by atomic mass is 9.87. The summed E-state index contributed by atoms with van der Waals surface area (Å²) in [5, 5.41) is 21.2. The Labute approximate surface area is 138 Å². The van der Waals surface area contributed by atoms with Gasteiger partial charge in [-0.25, -0.2) is 0 Å². The van der Waals surface area contributed by atoms with Gasteiger partial charge in [-0.3, -0.25) is 4.79 Å². The predicted molar refractivity (Wildman–Crippen MR) is 90.8 cm³/mol. The molecule has 2 bridgehead atoms. The number of ketones is 1. The summed E-state index contributed by atoms with van der Waals surface area (Å²) in [5.74, 6) is 0.730. The van der Waals surface area contributed by atoms with Gasteiger partial charge in [-0.05, 0) is 67.6 Å². The Morgan fingerprint density at radius 1 is 1.26 bits per heavy atom. The number of carbonyl (C=O) groups excluding carboxylic acids is 1. The van der Waals surface area contributed by atoms with Crippen molar-refractivity contribution in [3.63, 3.8) is 0 Å². The SMILES string of the molecule is C/C1=C\CC(O)C2=CC(=O)C(O)(C2)/C(C)=C/C2C(CC1)C2(C)C. The van der Waals surface area contributed by atoms with Crippen LogP contribution in [0.15, 0.2) is 34.9 Å². The maximum absolute atomic E-state index is 12.4. The zero-order valence-corrected chi connectivity index (χ0v) is 14.6. The fourth-order valence-electron chi connectivity index (χ4n) is 4.29. The minimum absolute atomic E-state index is 0.222. The third-order valence-corrected chi connectivity index (χ3v) is 6.37. The Balaban J connectivity index is 1.96. The van der Waals surface area contributed by atoms with Crippen molar-refractivity contribution in [1.82, 2.24) is 0 Å².